The molecule has 3 aromatic rings. The van der Waals surface area contributed by atoms with Gasteiger partial charge in [0.2, 0.25) is 0 Å². The van der Waals surface area contributed by atoms with Crippen LogP contribution in [0.25, 0.3) is 22.0 Å². The average molecular weight is 383 g/mol. The Balaban J connectivity index is 1.73. The van der Waals surface area contributed by atoms with E-state index in [2.05, 4.69) is 26.9 Å². The van der Waals surface area contributed by atoms with E-state index in [0.717, 1.165) is 22.9 Å². The Morgan fingerprint density at radius 2 is 1.71 bits per heavy atom. The lowest BCUT2D eigenvalue weighted by Crippen LogP contribution is -2.28. The molecule has 1 aliphatic heterocycles. The third kappa shape index (κ3) is 3.37. The minimum atomic E-state index is -4.38. The molecule has 0 spiro atoms. The largest absolute Gasteiger partial charge is 0.416 e. The van der Waals surface area contributed by atoms with Crippen molar-refractivity contribution in [2.45, 2.75) is 12.2 Å². The molecule has 4 rings (SSSR count). The van der Waals surface area contributed by atoms with Gasteiger partial charge in [-0.05, 0) is 12.1 Å². The lowest BCUT2D eigenvalue weighted by Gasteiger charge is -2.17. The summed E-state index contributed by atoms with van der Waals surface area (Å²) in [5.74, 6) is 0.385. The van der Waals surface area contributed by atoms with Gasteiger partial charge in [0, 0.05) is 29.4 Å². The van der Waals surface area contributed by atoms with Crippen LogP contribution in [0.15, 0.2) is 48.5 Å². The Morgan fingerprint density at radius 1 is 1.00 bits per heavy atom. The molecule has 2 heterocycles. The van der Waals surface area contributed by atoms with Gasteiger partial charge >= 0.3 is 6.18 Å². The number of hydrogen-bond donors (Lipinski definition) is 2. The minimum absolute atomic E-state index is 0.0837. The molecule has 1 aromatic heterocycles. The molecule has 8 heteroatoms. The number of anilines is 1. The van der Waals surface area contributed by atoms with Gasteiger partial charge in [-0.2, -0.15) is 18.4 Å². The maximum atomic E-state index is 12.8. The molecule has 2 atom stereocenters. The van der Waals surface area contributed by atoms with Crippen LogP contribution in [0.4, 0.5) is 19.0 Å². The molecule has 1 saturated heterocycles. The molecule has 0 radical (unpaired) electrons. The maximum absolute atomic E-state index is 12.8. The third-order valence-electron chi connectivity index (χ3n) is 4.88. The fourth-order valence-corrected chi connectivity index (χ4v) is 3.38. The fraction of sp³-hybridized carbons (Fsp3) is 0.250. The summed E-state index contributed by atoms with van der Waals surface area (Å²) in [4.78, 5) is 0. The first-order valence-electron chi connectivity index (χ1n) is 8.77. The number of halogens is 3. The number of benzene rings is 2. The first kappa shape index (κ1) is 18.2. The van der Waals surface area contributed by atoms with Crippen molar-refractivity contribution < 1.29 is 13.2 Å². The van der Waals surface area contributed by atoms with E-state index in [1.165, 1.54) is 12.1 Å². The molecular weight excluding hydrogens is 367 g/mol. The number of fused-ring (bicyclic) bond motifs is 1. The van der Waals surface area contributed by atoms with E-state index in [-0.39, 0.29) is 12.0 Å². The van der Waals surface area contributed by atoms with Crippen LogP contribution in [0.1, 0.15) is 5.56 Å². The normalized spacial score (nSPS) is 19.5. The highest BCUT2D eigenvalue weighted by Crippen LogP contribution is 2.33. The molecule has 1 fully saturated rings. The van der Waals surface area contributed by atoms with Gasteiger partial charge in [0.15, 0.2) is 5.82 Å². The number of nitrogens with one attached hydrogen (secondary N) is 2. The molecule has 1 aliphatic rings. The SMILES string of the molecule is N#CC1CNCC1Nc1nnc(-c2ccc(C(F)(F)F)cc2)c2ccccc12. The molecule has 28 heavy (non-hydrogen) atoms. The number of nitrogens with zero attached hydrogens (tertiary/aromatic N) is 3. The summed E-state index contributed by atoms with van der Waals surface area (Å²) in [6.07, 6.45) is -4.38. The molecular formula is C20H16F3N5. The van der Waals surface area contributed by atoms with E-state index >= 15 is 0 Å². The van der Waals surface area contributed by atoms with Gasteiger partial charge in [0.05, 0.1) is 23.6 Å². The van der Waals surface area contributed by atoms with Crippen LogP contribution in [0, 0.1) is 17.2 Å². The summed E-state index contributed by atoms with van der Waals surface area (Å²) in [5, 5.41) is 25.8. The number of nitriles is 1. The summed E-state index contributed by atoms with van der Waals surface area (Å²) < 4.78 is 38.5. The summed E-state index contributed by atoms with van der Waals surface area (Å²) in [7, 11) is 0. The Morgan fingerprint density at radius 3 is 2.39 bits per heavy atom. The maximum Gasteiger partial charge on any atom is 0.416 e. The van der Waals surface area contributed by atoms with Gasteiger partial charge in [-0.25, -0.2) is 0 Å². The summed E-state index contributed by atoms with van der Waals surface area (Å²) in [5.41, 5.74) is 0.361. The lowest BCUT2D eigenvalue weighted by molar-refractivity contribution is -0.137. The van der Waals surface area contributed by atoms with Crippen LogP contribution in [-0.4, -0.2) is 29.3 Å². The van der Waals surface area contributed by atoms with Gasteiger partial charge in [-0.3, -0.25) is 0 Å². The highest BCUT2D eigenvalue weighted by atomic mass is 19.4. The molecule has 0 saturated carbocycles. The molecule has 142 valence electrons. The van der Waals surface area contributed by atoms with Gasteiger partial charge in [0.1, 0.15) is 5.69 Å². The third-order valence-corrected chi connectivity index (χ3v) is 4.88. The standard InChI is InChI=1S/C20H16F3N5/c21-20(22,23)14-7-5-12(6-8-14)18-15-3-1-2-4-16(15)19(28-27-18)26-17-11-25-10-13(17)9-24/h1-8,13,17,25H,10-11H2,(H,26,28). The Kier molecular flexibility index (Phi) is 4.61. The van der Waals surface area contributed by atoms with Crippen LogP contribution >= 0.6 is 0 Å². The zero-order chi connectivity index (χ0) is 19.7. The van der Waals surface area contributed by atoms with Crippen molar-refractivity contribution in [3.8, 4) is 17.3 Å². The van der Waals surface area contributed by atoms with Crippen molar-refractivity contribution in [1.82, 2.24) is 15.5 Å². The number of rotatable bonds is 3. The first-order chi connectivity index (χ1) is 13.5. The zero-order valence-corrected chi connectivity index (χ0v) is 14.7. The number of aromatic nitrogens is 2. The van der Waals surface area contributed by atoms with Crippen LogP contribution < -0.4 is 10.6 Å². The van der Waals surface area contributed by atoms with Crippen LogP contribution in [0.2, 0.25) is 0 Å². The molecule has 2 N–H and O–H groups in total. The zero-order valence-electron chi connectivity index (χ0n) is 14.7. The quantitative estimate of drug-likeness (QED) is 0.719. The molecule has 0 aliphatic carbocycles. The fourth-order valence-electron chi connectivity index (χ4n) is 3.38. The first-order valence-corrected chi connectivity index (χ1v) is 8.77. The number of alkyl halides is 3. The highest BCUT2D eigenvalue weighted by Gasteiger charge is 2.30. The number of hydrogen-bond acceptors (Lipinski definition) is 5. The smallest absolute Gasteiger partial charge is 0.363 e. The lowest BCUT2D eigenvalue weighted by atomic mass is 10.0. The molecule has 5 nitrogen and oxygen atoms in total. The van der Waals surface area contributed by atoms with Crippen molar-refractivity contribution >= 4 is 16.6 Å². The van der Waals surface area contributed by atoms with E-state index < -0.39 is 11.7 Å². The van der Waals surface area contributed by atoms with Crippen molar-refractivity contribution in [3.63, 3.8) is 0 Å². The van der Waals surface area contributed by atoms with E-state index in [1.54, 1.807) is 0 Å². The second-order valence-corrected chi connectivity index (χ2v) is 6.66. The molecule has 0 bridgehead atoms. The molecule has 2 unspecified atom stereocenters. The van der Waals surface area contributed by atoms with E-state index in [4.69, 9.17) is 0 Å². The predicted molar refractivity (Wildman–Crippen MR) is 99.4 cm³/mol. The van der Waals surface area contributed by atoms with Gasteiger partial charge in [-0.15, -0.1) is 10.2 Å². The second-order valence-electron chi connectivity index (χ2n) is 6.66. The van der Waals surface area contributed by atoms with Crippen LogP contribution in [-0.2, 0) is 6.18 Å². The van der Waals surface area contributed by atoms with Crippen molar-refractivity contribution in [1.29, 1.82) is 5.26 Å². The van der Waals surface area contributed by atoms with Crippen molar-refractivity contribution in [2.75, 3.05) is 18.4 Å². The minimum Gasteiger partial charge on any atom is -0.363 e. The topological polar surface area (TPSA) is 73.6 Å². The van der Waals surface area contributed by atoms with Crippen molar-refractivity contribution in [3.05, 3.63) is 54.1 Å². The summed E-state index contributed by atoms with van der Waals surface area (Å²) in [6.45, 7) is 1.26. The highest BCUT2D eigenvalue weighted by molar-refractivity contribution is 6.00. The average Bonchev–Trinajstić information content (AvgIpc) is 3.15. The molecule has 2 aromatic carbocycles. The summed E-state index contributed by atoms with van der Waals surface area (Å²) in [6, 6.07) is 14.5. The van der Waals surface area contributed by atoms with Gasteiger partial charge < -0.3 is 10.6 Å². The van der Waals surface area contributed by atoms with Crippen LogP contribution in [0.5, 0.6) is 0 Å². The van der Waals surface area contributed by atoms with Gasteiger partial charge in [0.25, 0.3) is 0 Å². The summed E-state index contributed by atoms with van der Waals surface area (Å²) >= 11 is 0. The van der Waals surface area contributed by atoms with Crippen LogP contribution in [0.3, 0.4) is 0 Å². The van der Waals surface area contributed by atoms with E-state index in [1.807, 2.05) is 24.3 Å². The van der Waals surface area contributed by atoms with E-state index in [9.17, 15) is 18.4 Å². The monoisotopic (exact) mass is 383 g/mol. The van der Waals surface area contributed by atoms with E-state index in [0.29, 0.717) is 30.2 Å². The Bertz CT molecular complexity index is 1040. The second kappa shape index (κ2) is 7.09. The Hall–Kier alpha value is -3.18. The van der Waals surface area contributed by atoms with Gasteiger partial charge in [-0.1, -0.05) is 36.4 Å². The van der Waals surface area contributed by atoms with Crippen molar-refractivity contribution in [2.24, 2.45) is 5.92 Å². The molecule has 0 amide bonds. The predicted octanol–water partition coefficient (Wildman–Crippen LogP) is 3.84. The Labute approximate surface area is 159 Å².